The molecule has 2 heterocycles. The van der Waals surface area contributed by atoms with E-state index in [1.165, 1.54) is 0 Å². The Hall–Kier alpha value is -1.78. The van der Waals surface area contributed by atoms with Gasteiger partial charge in [0.25, 0.3) is 0 Å². The number of imidazole rings is 1. The summed E-state index contributed by atoms with van der Waals surface area (Å²) >= 11 is 12.1. The molecular weight excluding hydrogens is 307 g/mol. The Balaban J connectivity index is 1.91. The Morgan fingerprint density at radius 1 is 1.14 bits per heavy atom. The molecule has 0 aliphatic rings. The van der Waals surface area contributed by atoms with Crippen molar-refractivity contribution in [1.82, 2.24) is 14.5 Å². The van der Waals surface area contributed by atoms with E-state index in [1.807, 2.05) is 35.8 Å². The molecule has 0 amide bonds. The number of halogens is 2. The molecule has 0 bridgehead atoms. The number of hydrogen-bond donors (Lipinski definition) is 1. The fourth-order valence-corrected chi connectivity index (χ4v) is 2.79. The number of hydrogen-bond acceptors (Lipinski definition) is 3. The second-order valence-electron chi connectivity index (χ2n) is 4.90. The monoisotopic (exact) mass is 320 g/mol. The van der Waals surface area contributed by atoms with Crippen molar-refractivity contribution < 1.29 is 0 Å². The molecule has 0 aliphatic heterocycles. The van der Waals surface area contributed by atoms with Crippen LogP contribution in [0.15, 0.2) is 30.3 Å². The smallest absolute Gasteiger partial charge is 0.202 e. The minimum Gasteiger partial charge on any atom is -0.369 e. The van der Waals surface area contributed by atoms with Crippen molar-refractivity contribution >= 4 is 40.3 Å². The zero-order valence-electron chi connectivity index (χ0n) is 11.5. The van der Waals surface area contributed by atoms with Gasteiger partial charge in [0.1, 0.15) is 5.52 Å². The van der Waals surface area contributed by atoms with Gasteiger partial charge in [0.05, 0.1) is 0 Å². The maximum absolute atomic E-state index is 6.20. The van der Waals surface area contributed by atoms with Crippen LogP contribution in [0.25, 0.3) is 11.2 Å². The number of nitrogens with two attached hydrogens (primary N) is 1. The molecule has 2 N–H and O–H groups in total. The number of nitrogens with zero attached hydrogens (tertiary/aromatic N) is 3. The lowest BCUT2D eigenvalue weighted by Gasteiger charge is -2.08. The first-order chi connectivity index (χ1) is 10.0. The normalized spacial score (nSPS) is 11.2. The maximum atomic E-state index is 6.20. The maximum Gasteiger partial charge on any atom is 0.202 e. The van der Waals surface area contributed by atoms with E-state index in [0.29, 0.717) is 22.5 Å². The van der Waals surface area contributed by atoms with Gasteiger partial charge in [-0.25, -0.2) is 9.97 Å². The van der Waals surface area contributed by atoms with Gasteiger partial charge in [-0.1, -0.05) is 29.3 Å². The van der Waals surface area contributed by atoms with Crippen LogP contribution < -0.4 is 5.73 Å². The molecule has 1 aromatic carbocycles. The summed E-state index contributed by atoms with van der Waals surface area (Å²) in [6.45, 7) is 2.61. The molecular formula is C15H14Cl2N4. The molecule has 21 heavy (non-hydrogen) atoms. The molecule has 0 radical (unpaired) electrons. The summed E-state index contributed by atoms with van der Waals surface area (Å²) in [7, 11) is 0. The first kappa shape index (κ1) is 14.2. The molecule has 4 nitrogen and oxygen atoms in total. The van der Waals surface area contributed by atoms with Crippen LogP contribution in [0.2, 0.25) is 10.0 Å². The fourth-order valence-electron chi connectivity index (χ4n) is 2.29. The van der Waals surface area contributed by atoms with Gasteiger partial charge in [0, 0.05) is 22.3 Å². The largest absolute Gasteiger partial charge is 0.369 e. The molecule has 0 aliphatic carbocycles. The summed E-state index contributed by atoms with van der Waals surface area (Å²) < 4.78 is 1.91. The minimum absolute atomic E-state index is 0.466. The van der Waals surface area contributed by atoms with Crippen molar-refractivity contribution in [2.45, 2.75) is 19.9 Å². The summed E-state index contributed by atoms with van der Waals surface area (Å²) in [5, 5.41) is 1.29. The Morgan fingerprint density at radius 2 is 1.95 bits per heavy atom. The summed E-state index contributed by atoms with van der Waals surface area (Å²) in [4.78, 5) is 8.84. The third kappa shape index (κ3) is 2.82. The van der Waals surface area contributed by atoms with Crippen LogP contribution in [0.4, 0.5) is 5.95 Å². The summed E-state index contributed by atoms with van der Waals surface area (Å²) in [6.07, 6.45) is 0.737. The van der Waals surface area contributed by atoms with Crippen molar-refractivity contribution in [3.8, 4) is 0 Å². The van der Waals surface area contributed by atoms with Crippen LogP contribution >= 0.6 is 23.2 Å². The lowest BCUT2D eigenvalue weighted by Crippen LogP contribution is -2.07. The van der Waals surface area contributed by atoms with Gasteiger partial charge in [-0.3, -0.25) is 4.57 Å². The molecule has 3 aromatic rings. The van der Waals surface area contributed by atoms with E-state index in [-0.39, 0.29) is 0 Å². The summed E-state index contributed by atoms with van der Waals surface area (Å²) in [5.41, 5.74) is 9.56. The number of anilines is 1. The molecule has 0 saturated heterocycles. The first-order valence-corrected chi connectivity index (χ1v) is 7.33. The highest BCUT2D eigenvalue weighted by atomic mass is 35.5. The SMILES string of the molecule is Cc1ccc2nc(N)n(CCc3ccc(Cl)cc3Cl)c2n1. The van der Waals surface area contributed by atoms with Crippen LogP contribution in [-0.2, 0) is 13.0 Å². The zero-order chi connectivity index (χ0) is 15.0. The van der Waals surface area contributed by atoms with Gasteiger partial charge < -0.3 is 5.73 Å². The number of rotatable bonds is 3. The predicted octanol–water partition coefficient (Wildman–Crippen LogP) is 3.87. The van der Waals surface area contributed by atoms with E-state index >= 15 is 0 Å². The van der Waals surface area contributed by atoms with Gasteiger partial charge in [0.2, 0.25) is 5.95 Å². The molecule has 0 saturated carbocycles. The van der Waals surface area contributed by atoms with Crippen LogP contribution in [0.5, 0.6) is 0 Å². The Kier molecular flexibility index (Phi) is 3.74. The predicted molar refractivity (Wildman–Crippen MR) is 86.8 cm³/mol. The van der Waals surface area contributed by atoms with Crippen LogP contribution in [0.3, 0.4) is 0 Å². The van der Waals surface area contributed by atoms with Crippen molar-refractivity contribution in [2.24, 2.45) is 0 Å². The number of fused-ring (bicyclic) bond motifs is 1. The van der Waals surface area contributed by atoms with E-state index < -0.39 is 0 Å². The number of pyridine rings is 1. The molecule has 0 spiro atoms. The second-order valence-corrected chi connectivity index (χ2v) is 5.75. The highest BCUT2D eigenvalue weighted by Crippen LogP contribution is 2.23. The molecule has 0 fully saturated rings. The van der Waals surface area contributed by atoms with E-state index in [1.54, 1.807) is 6.07 Å². The topological polar surface area (TPSA) is 56.7 Å². The third-order valence-corrected chi connectivity index (χ3v) is 3.97. The highest BCUT2D eigenvalue weighted by Gasteiger charge is 2.10. The zero-order valence-corrected chi connectivity index (χ0v) is 13.0. The van der Waals surface area contributed by atoms with E-state index in [0.717, 1.165) is 28.8 Å². The van der Waals surface area contributed by atoms with Crippen molar-refractivity contribution in [3.05, 3.63) is 51.6 Å². The lowest BCUT2D eigenvalue weighted by molar-refractivity contribution is 0.719. The quantitative estimate of drug-likeness (QED) is 0.796. The Morgan fingerprint density at radius 3 is 2.71 bits per heavy atom. The van der Waals surface area contributed by atoms with Crippen molar-refractivity contribution in [2.75, 3.05) is 5.73 Å². The Labute approximate surface area is 132 Å². The lowest BCUT2D eigenvalue weighted by atomic mass is 10.1. The Bertz CT molecular complexity index is 811. The molecule has 0 unspecified atom stereocenters. The fraction of sp³-hybridized carbons (Fsp3) is 0.200. The summed E-state index contributed by atoms with van der Waals surface area (Å²) in [5.74, 6) is 0.466. The van der Waals surface area contributed by atoms with Crippen LogP contribution in [-0.4, -0.2) is 14.5 Å². The van der Waals surface area contributed by atoms with Gasteiger partial charge in [-0.15, -0.1) is 0 Å². The van der Waals surface area contributed by atoms with Gasteiger partial charge in [-0.05, 0) is 43.2 Å². The van der Waals surface area contributed by atoms with E-state index in [2.05, 4.69) is 9.97 Å². The number of benzene rings is 1. The molecule has 0 atom stereocenters. The molecule has 2 aromatic heterocycles. The third-order valence-electron chi connectivity index (χ3n) is 3.38. The number of nitrogen functional groups attached to an aromatic ring is 1. The molecule has 6 heteroatoms. The molecule has 108 valence electrons. The minimum atomic E-state index is 0.466. The number of aryl methyl sites for hydroxylation is 3. The first-order valence-electron chi connectivity index (χ1n) is 6.58. The average Bonchev–Trinajstić information content (AvgIpc) is 2.73. The summed E-state index contributed by atoms with van der Waals surface area (Å²) in [6, 6.07) is 9.37. The number of aromatic nitrogens is 3. The highest BCUT2D eigenvalue weighted by molar-refractivity contribution is 6.35. The van der Waals surface area contributed by atoms with E-state index in [4.69, 9.17) is 28.9 Å². The van der Waals surface area contributed by atoms with Crippen molar-refractivity contribution in [3.63, 3.8) is 0 Å². The standard InChI is InChI=1S/C15H14Cl2N4/c1-9-2-5-13-14(19-9)21(15(18)20-13)7-6-10-3-4-11(16)8-12(10)17/h2-5,8H,6-7H2,1H3,(H2,18,20). The van der Waals surface area contributed by atoms with Crippen molar-refractivity contribution in [1.29, 1.82) is 0 Å². The molecule has 3 rings (SSSR count). The van der Waals surface area contributed by atoms with Gasteiger partial charge in [0.15, 0.2) is 5.65 Å². The van der Waals surface area contributed by atoms with Crippen LogP contribution in [0.1, 0.15) is 11.3 Å². The second kappa shape index (κ2) is 5.54. The van der Waals surface area contributed by atoms with E-state index in [9.17, 15) is 0 Å². The average molecular weight is 321 g/mol. The van der Waals surface area contributed by atoms with Gasteiger partial charge >= 0.3 is 0 Å². The van der Waals surface area contributed by atoms with Crippen LogP contribution in [0, 0.1) is 6.92 Å². The van der Waals surface area contributed by atoms with Gasteiger partial charge in [-0.2, -0.15) is 0 Å².